The monoisotopic (exact) mass is 866 g/mol. The lowest BCUT2D eigenvalue weighted by Crippen LogP contribution is -2.37. The average Bonchev–Trinajstić information content (AvgIpc) is 3.22. The van der Waals surface area contributed by atoms with Crippen LogP contribution in [-0.2, 0) is 27.9 Å². The van der Waals surface area contributed by atoms with Gasteiger partial charge in [-0.3, -0.25) is 9.36 Å². The van der Waals surface area contributed by atoms with E-state index >= 15 is 0 Å². The van der Waals surface area contributed by atoms with Gasteiger partial charge >= 0.3 is 5.97 Å². The summed E-state index contributed by atoms with van der Waals surface area (Å²) >= 11 is 0. The van der Waals surface area contributed by atoms with Crippen molar-refractivity contribution in [1.82, 2.24) is 0 Å². The van der Waals surface area contributed by atoms with Crippen molar-refractivity contribution < 1.29 is 37.3 Å². The van der Waals surface area contributed by atoms with Crippen LogP contribution in [0, 0.1) is 0 Å². The van der Waals surface area contributed by atoms with Crippen molar-refractivity contribution in [2.45, 2.75) is 136 Å². The van der Waals surface area contributed by atoms with Crippen LogP contribution in [0.1, 0.15) is 129 Å². The van der Waals surface area contributed by atoms with Gasteiger partial charge in [0.25, 0.3) is 7.82 Å². The molecule has 0 aromatic heterocycles. The molecule has 0 radical (unpaired) electrons. The van der Waals surface area contributed by atoms with Gasteiger partial charge in [-0.15, -0.1) is 0 Å². The molecule has 0 spiro atoms. The average molecular weight is 866 g/mol. The maximum absolute atomic E-state index is 12.7. The Kier molecular flexibility index (Phi) is 40.9. The van der Waals surface area contributed by atoms with Crippen molar-refractivity contribution in [2.75, 3.05) is 54.1 Å². The second-order valence-electron chi connectivity index (χ2n) is 15.6. The number of likely N-dealkylation sites (N-methyl/N-ethyl adjacent to an activating group) is 1. The van der Waals surface area contributed by atoms with Crippen molar-refractivity contribution in [3.05, 3.63) is 134 Å². The van der Waals surface area contributed by atoms with Crippen LogP contribution in [0.5, 0.6) is 0 Å². The van der Waals surface area contributed by atoms with Crippen molar-refractivity contribution in [2.24, 2.45) is 0 Å². The molecular formula is C52H84NO7P. The molecule has 9 heteroatoms. The van der Waals surface area contributed by atoms with Crippen LogP contribution in [0.25, 0.3) is 0 Å². The molecule has 0 rings (SSSR count). The maximum Gasteiger partial charge on any atom is 0.306 e. The topological polar surface area (TPSA) is 94.1 Å². The number of hydrogen-bond acceptors (Lipinski definition) is 7. The highest BCUT2D eigenvalue weighted by Gasteiger charge is 2.20. The third-order valence-corrected chi connectivity index (χ3v) is 9.68. The molecular weight excluding hydrogens is 782 g/mol. The first-order chi connectivity index (χ1) is 29.6. The fourth-order valence-corrected chi connectivity index (χ4v) is 5.99. The molecule has 0 heterocycles. The highest BCUT2D eigenvalue weighted by molar-refractivity contribution is 7.45. The largest absolute Gasteiger partial charge is 0.756 e. The van der Waals surface area contributed by atoms with E-state index in [0.29, 0.717) is 30.5 Å². The summed E-state index contributed by atoms with van der Waals surface area (Å²) in [6.45, 7) is 4.86. The molecule has 0 aliphatic rings. The number of nitrogens with zero attached hydrogens (tertiary/aromatic N) is 1. The highest BCUT2D eigenvalue weighted by Crippen LogP contribution is 2.38. The third-order valence-electron chi connectivity index (χ3n) is 8.72. The number of carbonyl (C=O) groups is 1. The summed E-state index contributed by atoms with van der Waals surface area (Å²) in [5.41, 5.74) is 0. The van der Waals surface area contributed by atoms with Crippen molar-refractivity contribution in [3.8, 4) is 0 Å². The Hall–Kier alpha value is -3.36. The number of ether oxygens (including phenoxy) is 2. The molecule has 344 valence electrons. The predicted molar refractivity (Wildman–Crippen MR) is 258 cm³/mol. The zero-order valence-corrected chi connectivity index (χ0v) is 39.7. The van der Waals surface area contributed by atoms with Gasteiger partial charge in [0.05, 0.1) is 41.0 Å². The van der Waals surface area contributed by atoms with Gasteiger partial charge in [0.2, 0.25) is 0 Å². The van der Waals surface area contributed by atoms with Crippen LogP contribution in [-0.4, -0.2) is 70.7 Å². The van der Waals surface area contributed by atoms with Crippen LogP contribution in [0.4, 0.5) is 0 Å². The van der Waals surface area contributed by atoms with Crippen LogP contribution >= 0.6 is 7.82 Å². The number of quaternary nitrogens is 1. The molecule has 0 bridgehead atoms. The first-order valence-corrected chi connectivity index (χ1v) is 24.4. The van der Waals surface area contributed by atoms with E-state index in [1.165, 1.54) is 0 Å². The van der Waals surface area contributed by atoms with Gasteiger partial charge in [0.1, 0.15) is 19.3 Å². The summed E-state index contributed by atoms with van der Waals surface area (Å²) in [5.74, 6) is -0.390. The van der Waals surface area contributed by atoms with Crippen molar-refractivity contribution >= 4 is 13.8 Å². The summed E-state index contributed by atoms with van der Waals surface area (Å²) < 4.78 is 34.5. The Balaban J connectivity index is 4.41. The van der Waals surface area contributed by atoms with E-state index in [9.17, 15) is 14.3 Å². The van der Waals surface area contributed by atoms with E-state index in [-0.39, 0.29) is 26.2 Å². The molecule has 8 nitrogen and oxygen atoms in total. The lowest BCUT2D eigenvalue weighted by Gasteiger charge is -2.28. The summed E-state index contributed by atoms with van der Waals surface area (Å²) in [6, 6.07) is 0. The first kappa shape index (κ1) is 57.6. The van der Waals surface area contributed by atoms with Gasteiger partial charge in [-0.05, 0) is 96.3 Å². The van der Waals surface area contributed by atoms with Gasteiger partial charge in [-0.25, -0.2) is 0 Å². The van der Waals surface area contributed by atoms with Gasteiger partial charge in [-0.1, -0.05) is 160 Å². The van der Waals surface area contributed by atoms with E-state index in [1.54, 1.807) is 0 Å². The summed E-state index contributed by atoms with van der Waals surface area (Å²) in [4.78, 5) is 25.1. The molecule has 0 aliphatic carbocycles. The zero-order valence-electron chi connectivity index (χ0n) is 38.8. The van der Waals surface area contributed by atoms with E-state index < -0.39 is 19.9 Å². The Bertz CT molecular complexity index is 1420. The Morgan fingerprint density at radius 3 is 1.33 bits per heavy atom. The molecule has 0 aromatic rings. The molecule has 0 saturated heterocycles. The Labute approximate surface area is 373 Å². The minimum absolute atomic E-state index is 0.00142. The summed E-state index contributed by atoms with van der Waals surface area (Å²) in [5, 5.41) is 0. The number of hydrogen-bond donors (Lipinski definition) is 0. The minimum Gasteiger partial charge on any atom is -0.756 e. The van der Waals surface area contributed by atoms with Gasteiger partial charge in [-0.2, -0.15) is 0 Å². The fraction of sp³-hybridized carbons (Fsp3) is 0.558. The van der Waals surface area contributed by atoms with Gasteiger partial charge in [0, 0.05) is 6.42 Å². The maximum atomic E-state index is 12.7. The fourth-order valence-electron chi connectivity index (χ4n) is 5.26. The second kappa shape index (κ2) is 43.3. The number of carbonyl (C=O) groups excluding carboxylic acids is 1. The van der Waals surface area contributed by atoms with E-state index in [1.807, 2.05) is 27.2 Å². The van der Waals surface area contributed by atoms with Crippen LogP contribution < -0.4 is 4.89 Å². The molecule has 61 heavy (non-hydrogen) atoms. The molecule has 0 aliphatic heterocycles. The smallest absolute Gasteiger partial charge is 0.306 e. The molecule has 0 amide bonds. The summed E-state index contributed by atoms with van der Waals surface area (Å²) in [7, 11) is 1.27. The van der Waals surface area contributed by atoms with E-state index in [0.717, 1.165) is 96.3 Å². The number of esters is 1. The molecule has 2 atom stereocenters. The zero-order chi connectivity index (χ0) is 44.8. The number of unbranched alkanes of at least 4 members (excludes halogenated alkanes) is 4. The third kappa shape index (κ3) is 47.5. The van der Waals surface area contributed by atoms with Crippen LogP contribution in [0.15, 0.2) is 134 Å². The van der Waals surface area contributed by atoms with Crippen LogP contribution in [0.2, 0.25) is 0 Å². The second-order valence-corrected chi connectivity index (χ2v) is 17.1. The normalized spacial score (nSPS) is 14.9. The number of phosphoric acid groups is 1. The van der Waals surface area contributed by atoms with E-state index in [4.69, 9.17) is 18.5 Å². The van der Waals surface area contributed by atoms with Crippen molar-refractivity contribution in [1.29, 1.82) is 0 Å². The predicted octanol–water partition coefficient (Wildman–Crippen LogP) is 13.3. The molecule has 0 N–H and O–H groups in total. The highest BCUT2D eigenvalue weighted by atomic mass is 31.2. The molecule has 0 saturated carbocycles. The first-order valence-electron chi connectivity index (χ1n) is 22.9. The lowest BCUT2D eigenvalue weighted by molar-refractivity contribution is -0.870. The van der Waals surface area contributed by atoms with Crippen molar-refractivity contribution in [3.63, 3.8) is 0 Å². The molecule has 0 aromatic carbocycles. The number of rotatable bonds is 40. The summed E-state index contributed by atoms with van der Waals surface area (Å²) in [6.07, 6.45) is 63.5. The van der Waals surface area contributed by atoms with Crippen LogP contribution in [0.3, 0.4) is 0 Å². The molecule has 0 fully saturated rings. The minimum atomic E-state index is -4.57. The van der Waals surface area contributed by atoms with Gasteiger partial charge in [0.15, 0.2) is 0 Å². The standard InChI is InChI=1S/C52H84NO7P/c1-6-8-10-12-14-16-18-20-22-24-25-26-27-28-29-30-31-33-35-37-39-41-43-45-52(54)60-51(50-59-61(55,56)58-48-46-53(3,4)5)49-57-47-44-42-40-38-36-34-32-23-21-19-17-15-13-11-9-7-2/h8-11,14-17,20-23,25-26,28-29,31,33-34,36,40,42,51H,6-7,12-13,18-19,24,27,30,32,35,37-39,41,43-50H2,1-5H3/b10-8-,11-9-,16-14-,17-15-,22-20-,23-21-,26-25-,29-28-,33-31-,36-34-,42-40-. The number of phosphoric ester groups is 1. The quantitative estimate of drug-likeness (QED) is 0.0199. The van der Waals surface area contributed by atoms with Gasteiger partial charge < -0.3 is 27.9 Å². The SMILES string of the molecule is CC/C=C\C/C=C\C/C=C\C/C=C\C/C=C\C/C=C\CCCCCCC(=O)OC(COCC/C=C\C/C=C\C/C=C\C/C=C\C/C=C\CC)COP(=O)([O-])OCC[N+](C)(C)C. The number of allylic oxidation sites excluding steroid dienone is 21. The Morgan fingerprint density at radius 1 is 0.508 bits per heavy atom. The van der Waals surface area contributed by atoms with E-state index in [2.05, 4.69) is 141 Å². The lowest BCUT2D eigenvalue weighted by atomic mass is 10.1. The Morgan fingerprint density at radius 2 is 0.902 bits per heavy atom. The molecule has 2 unspecified atom stereocenters.